The molecule has 9 nitrogen and oxygen atoms in total. The normalized spacial score (nSPS) is 18.5. The van der Waals surface area contributed by atoms with Crippen LogP contribution in [0, 0.1) is 19.3 Å². The van der Waals surface area contributed by atoms with Gasteiger partial charge in [0, 0.05) is 36.8 Å². The van der Waals surface area contributed by atoms with Gasteiger partial charge in [-0.25, -0.2) is 15.0 Å². The van der Waals surface area contributed by atoms with E-state index in [1.807, 2.05) is 0 Å². The van der Waals surface area contributed by atoms with Gasteiger partial charge in [0.15, 0.2) is 0 Å². The molecule has 3 atom stereocenters. The Hall–Kier alpha value is -2.38. The van der Waals surface area contributed by atoms with Crippen LogP contribution in [0.25, 0.3) is 11.3 Å². The first kappa shape index (κ1) is 26.7. The summed E-state index contributed by atoms with van der Waals surface area (Å²) in [5, 5.41) is 22.2. The minimum Gasteiger partial charge on any atom is -0.361 e. The van der Waals surface area contributed by atoms with Crippen molar-refractivity contribution in [3.63, 3.8) is 0 Å². The first-order valence-corrected chi connectivity index (χ1v) is 15.3. The molecule has 3 aromatic rings. The molecule has 0 saturated carbocycles. The van der Waals surface area contributed by atoms with Crippen molar-refractivity contribution in [2.75, 3.05) is 16.9 Å². The zero-order chi connectivity index (χ0) is 26.0. The molecule has 0 aromatic carbocycles. The molecule has 36 heavy (non-hydrogen) atoms. The van der Waals surface area contributed by atoms with Gasteiger partial charge in [-0.1, -0.05) is 5.16 Å². The highest BCUT2D eigenvalue weighted by molar-refractivity contribution is 14.2. The molecule has 0 spiro atoms. The number of pyridine rings is 1. The predicted octanol–water partition coefficient (Wildman–Crippen LogP) is 5.49. The van der Waals surface area contributed by atoms with Gasteiger partial charge >= 0.3 is 6.18 Å². The molecule has 4 heterocycles. The van der Waals surface area contributed by atoms with E-state index in [1.165, 1.54) is 0 Å². The van der Waals surface area contributed by atoms with E-state index in [0.29, 0.717) is 35.3 Å². The van der Waals surface area contributed by atoms with Crippen LogP contribution in [0.1, 0.15) is 48.0 Å². The van der Waals surface area contributed by atoms with Crippen molar-refractivity contribution >= 4 is 45.9 Å². The number of piperidine rings is 1. The fourth-order valence-corrected chi connectivity index (χ4v) is 5.12. The third kappa shape index (κ3) is 5.78. The van der Waals surface area contributed by atoms with Crippen LogP contribution in [-0.2, 0) is 6.18 Å². The van der Waals surface area contributed by atoms with Gasteiger partial charge in [-0.05, 0) is 67.8 Å². The summed E-state index contributed by atoms with van der Waals surface area (Å²) in [4.78, 5) is 12.7. The second-order valence-corrected chi connectivity index (χ2v) is 10.6. The number of anilines is 2. The van der Waals surface area contributed by atoms with Crippen molar-refractivity contribution in [3.05, 3.63) is 46.6 Å². The van der Waals surface area contributed by atoms with Crippen molar-refractivity contribution in [2.24, 2.45) is 0 Å². The largest absolute Gasteiger partial charge is 0.420 e. The summed E-state index contributed by atoms with van der Waals surface area (Å²) in [5.74, 6) is 0.898. The number of rotatable bonds is 7. The van der Waals surface area contributed by atoms with E-state index in [-0.39, 0.29) is 29.7 Å². The summed E-state index contributed by atoms with van der Waals surface area (Å²) in [6.07, 6.45) is -2.07. The van der Waals surface area contributed by atoms with Gasteiger partial charge in [-0.2, -0.15) is 13.2 Å². The lowest BCUT2D eigenvalue weighted by molar-refractivity contribution is -0.138. The SMILES string of the molecule is Cc1noc(C)c1-c1ccc(C(=N)c2nc(NC3CC[C@@H](C)NC3)ncc2C(F)(F)F)c(NPI)n1. The molecular formula is C22H25F3IN8OP. The standard InChI is InChI=1S/C22H25F3IN8OP/c1-10-4-5-13(8-28-10)30-21-29-9-15(22(23,24)25)19(32-21)18(27)14-6-7-16(31-20(14)34-36-26)17-11(2)33-35-12(17)3/h6-7,9-10,13,27-28,36H,4-5,8H2,1-3H3,(H,31,34)(H,29,30,32)/t10-,13?/m1/s1. The zero-order valence-electron chi connectivity index (χ0n) is 19.7. The Balaban J connectivity index is 1.73. The van der Waals surface area contributed by atoms with Crippen LogP contribution < -0.4 is 15.7 Å². The van der Waals surface area contributed by atoms with Crippen molar-refractivity contribution in [3.8, 4) is 11.3 Å². The minimum absolute atomic E-state index is 0.0200. The first-order chi connectivity index (χ1) is 17.1. The third-order valence-electron chi connectivity index (χ3n) is 5.94. The zero-order valence-corrected chi connectivity index (χ0v) is 22.9. The number of nitrogens with zero attached hydrogens (tertiary/aromatic N) is 4. The molecule has 192 valence electrons. The van der Waals surface area contributed by atoms with Crippen LogP contribution in [0.4, 0.5) is 24.9 Å². The lowest BCUT2D eigenvalue weighted by atomic mass is 10.0. The molecule has 1 aliphatic heterocycles. The molecule has 1 saturated heterocycles. The van der Waals surface area contributed by atoms with E-state index >= 15 is 0 Å². The quantitative estimate of drug-likeness (QED) is 0.153. The van der Waals surface area contributed by atoms with Crippen molar-refractivity contribution < 1.29 is 17.7 Å². The fourth-order valence-electron chi connectivity index (χ4n) is 4.07. The first-order valence-electron chi connectivity index (χ1n) is 11.2. The average Bonchev–Trinajstić information content (AvgIpc) is 3.17. The van der Waals surface area contributed by atoms with Crippen LogP contribution in [0.2, 0.25) is 0 Å². The van der Waals surface area contributed by atoms with Crippen LogP contribution in [-0.4, -0.2) is 44.4 Å². The lowest BCUT2D eigenvalue weighted by Gasteiger charge is -2.28. The Kier molecular flexibility index (Phi) is 8.10. The summed E-state index contributed by atoms with van der Waals surface area (Å²) in [7, 11) is 0. The minimum atomic E-state index is -4.73. The van der Waals surface area contributed by atoms with Gasteiger partial charge in [0.1, 0.15) is 22.8 Å². The van der Waals surface area contributed by atoms with Crippen molar-refractivity contribution in [1.82, 2.24) is 25.4 Å². The summed E-state index contributed by atoms with van der Waals surface area (Å²) >= 11 is 2.09. The molecule has 2 unspecified atom stereocenters. The van der Waals surface area contributed by atoms with Gasteiger partial charge in [-0.3, -0.25) is 5.41 Å². The molecule has 1 aliphatic rings. The molecular weight excluding hydrogens is 607 g/mol. The number of hydrogen-bond acceptors (Lipinski definition) is 9. The van der Waals surface area contributed by atoms with Crippen LogP contribution in [0.5, 0.6) is 0 Å². The maximum Gasteiger partial charge on any atom is 0.420 e. The number of nitrogens with one attached hydrogen (secondary N) is 4. The van der Waals surface area contributed by atoms with E-state index in [2.05, 4.69) is 64.8 Å². The molecule has 4 N–H and O–H groups in total. The van der Waals surface area contributed by atoms with Gasteiger partial charge in [0.2, 0.25) is 5.95 Å². The molecule has 3 aromatic heterocycles. The second kappa shape index (κ2) is 10.9. The molecule has 0 bridgehead atoms. The van der Waals surface area contributed by atoms with E-state index in [9.17, 15) is 13.2 Å². The summed E-state index contributed by atoms with van der Waals surface area (Å²) in [5.41, 5.74) is 0.0853. The predicted molar refractivity (Wildman–Crippen MR) is 142 cm³/mol. The molecule has 1 fully saturated rings. The number of hydrogen-bond donors (Lipinski definition) is 4. The highest BCUT2D eigenvalue weighted by Crippen LogP contribution is 2.35. The van der Waals surface area contributed by atoms with Crippen LogP contribution in [0.3, 0.4) is 0 Å². The number of aromatic nitrogens is 4. The van der Waals surface area contributed by atoms with E-state index in [1.54, 1.807) is 26.0 Å². The van der Waals surface area contributed by atoms with E-state index in [0.717, 1.165) is 19.0 Å². The molecule has 0 radical (unpaired) electrons. The second-order valence-electron chi connectivity index (χ2n) is 8.57. The summed E-state index contributed by atoms with van der Waals surface area (Å²) < 4.78 is 46.9. The lowest BCUT2D eigenvalue weighted by Crippen LogP contribution is -2.43. The molecule has 0 aliphatic carbocycles. The van der Waals surface area contributed by atoms with Crippen LogP contribution in [0.15, 0.2) is 22.9 Å². The Morgan fingerprint density at radius 1 is 1.25 bits per heavy atom. The Morgan fingerprint density at radius 2 is 2.03 bits per heavy atom. The summed E-state index contributed by atoms with van der Waals surface area (Å²) in [6, 6.07) is 3.57. The maximum absolute atomic E-state index is 13.9. The van der Waals surface area contributed by atoms with Gasteiger partial charge in [0.25, 0.3) is 0 Å². The average molecular weight is 632 g/mol. The number of halogens is 4. The van der Waals surface area contributed by atoms with Crippen molar-refractivity contribution in [2.45, 2.75) is 51.9 Å². The highest BCUT2D eigenvalue weighted by Gasteiger charge is 2.37. The maximum atomic E-state index is 13.9. The Morgan fingerprint density at radius 3 is 2.64 bits per heavy atom. The van der Waals surface area contributed by atoms with Crippen molar-refractivity contribution in [1.29, 1.82) is 5.41 Å². The topological polar surface area (TPSA) is 125 Å². The smallest absolute Gasteiger partial charge is 0.361 e. The number of alkyl halides is 3. The van der Waals surface area contributed by atoms with Gasteiger partial charge < -0.3 is 20.2 Å². The summed E-state index contributed by atoms with van der Waals surface area (Å²) in [6.45, 7) is 6.27. The van der Waals surface area contributed by atoms with E-state index < -0.39 is 23.1 Å². The number of aryl methyl sites for hydroxylation is 2. The molecule has 4 rings (SSSR count). The molecule has 0 amide bonds. The van der Waals surface area contributed by atoms with Gasteiger partial charge in [-0.15, -0.1) is 0 Å². The van der Waals surface area contributed by atoms with E-state index in [4.69, 9.17) is 9.93 Å². The molecule has 14 heteroatoms. The Labute approximate surface area is 220 Å². The van der Waals surface area contributed by atoms with Crippen LogP contribution >= 0.6 is 28.4 Å². The fraction of sp³-hybridized carbons (Fsp3) is 0.409. The van der Waals surface area contributed by atoms with Gasteiger partial charge in [0.05, 0.1) is 22.7 Å². The monoisotopic (exact) mass is 632 g/mol. The third-order valence-corrected chi connectivity index (χ3v) is 7.09. The Bertz CT molecular complexity index is 1240. The highest BCUT2D eigenvalue weighted by atomic mass is 127.